The molecule has 8 atom stereocenters. The monoisotopic (exact) mass is 483 g/mol. The SMILES string of the molecule is O=C(NC1CCCC(OC(F)(F)F)C1)C1CCCCC1C1CNC2NCC(c3ccoc3)C2C1. The summed E-state index contributed by atoms with van der Waals surface area (Å²) in [6.45, 7) is 1.82. The maximum Gasteiger partial charge on any atom is 0.522 e. The Labute approximate surface area is 198 Å². The van der Waals surface area contributed by atoms with E-state index in [0.29, 0.717) is 49.1 Å². The molecule has 190 valence electrons. The molecule has 6 nitrogen and oxygen atoms in total. The molecule has 1 amide bonds. The van der Waals surface area contributed by atoms with E-state index in [9.17, 15) is 18.0 Å². The summed E-state index contributed by atoms with van der Waals surface area (Å²) in [5, 5.41) is 10.4. The number of furan rings is 1. The van der Waals surface area contributed by atoms with Crippen molar-refractivity contribution in [3.63, 3.8) is 0 Å². The average molecular weight is 484 g/mol. The summed E-state index contributed by atoms with van der Waals surface area (Å²) in [4.78, 5) is 13.4. The summed E-state index contributed by atoms with van der Waals surface area (Å²) in [6, 6.07) is 1.81. The molecule has 2 saturated heterocycles. The third kappa shape index (κ3) is 5.46. The maximum absolute atomic E-state index is 13.4. The third-order valence-electron chi connectivity index (χ3n) is 8.68. The number of ether oxygens (including phenoxy) is 1. The number of carbonyl (C=O) groups excluding carboxylic acids is 1. The molecular weight excluding hydrogens is 447 g/mol. The van der Waals surface area contributed by atoms with E-state index in [-0.39, 0.29) is 24.3 Å². The Morgan fingerprint density at radius 3 is 2.65 bits per heavy atom. The zero-order chi connectivity index (χ0) is 23.7. The largest absolute Gasteiger partial charge is 0.522 e. The van der Waals surface area contributed by atoms with Gasteiger partial charge >= 0.3 is 6.36 Å². The van der Waals surface area contributed by atoms with Gasteiger partial charge in [0.05, 0.1) is 24.8 Å². The minimum atomic E-state index is -4.62. The van der Waals surface area contributed by atoms with Crippen LogP contribution < -0.4 is 16.0 Å². The van der Waals surface area contributed by atoms with Crippen LogP contribution in [0.25, 0.3) is 0 Å². The van der Waals surface area contributed by atoms with E-state index >= 15 is 0 Å². The second-order valence-electron chi connectivity index (χ2n) is 10.7. The Morgan fingerprint density at radius 1 is 1.03 bits per heavy atom. The lowest BCUT2D eigenvalue weighted by molar-refractivity contribution is -0.345. The Bertz CT molecular complexity index is 818. The zero-order valence-corrected chi connectivity index (χ0v) is 19.5. The van der Waals surface area contributed by atoms with Gasteiger partial charge < -0.3 is 20.4 Å². The molecule has 4 fully saturated rings. The van der Waals surface area contributed by atoms with E-state index in [0.717, 1.165) is 45.2 Å². The van der Waals surface area contributed by atoms with Crippen molar-refractivity contribution in [2.24, 2.45) is 23.7 Å². The molecule has 3 heterocycles. The van der Waals surface area contributed by atoms with Crippen LogP contribution >= 0.6 is 0 Å². The standard InChI is InChI=1S/C25H36F3N3O3/c26-25(27,28)34-18-5-3-4-17(11-18)31-24(32)20-7-2-1-6-19(20)16-10-21-22(15-8-9-33-14-15)13-30-23(21)29-12-16/h8-9,14,16-23,29-30H,1-7,10-13H2,(H,31,32). The van der Waals surface area contributed by atoms with Crippen molar-refractivity contribution >= 4 is 5.91 Å². The van der Waals surface area contributed by atoms with Crippen LogP contribution in [-0.2, 0) is 9.53 Å². The summed E-state index contributed by atoms with van der Waals surface area (Å²) < 4.78 is 47.6. The molecular formula is C25H36F3N3O3. The molecule has 0 radical (unpaired) electrons. The summed E-state index contributed by atoms with van der Waals surface area (Å²) in [5.41, 5.74) is 1.23. The molecule has 1 aromatic heterocycles. The minimum Gasteiger partial charge on any atom is -0.472 e. The first-order valence-corrected chi connectivity index (χ1v) is 12.9. The normalized spacial score (nSPS) is 38.9. The van der Waals surface area contributed by atoms with Gasteiger partial charge in [-0.25, -0.2) is 0 Å². The second-order valence-corrected chi connectivity index (χ2v) is 10.7. The Hall–Kier alpha value is -1.58. The fraction of sp³-hybridized carbons (Fsp3) is 0.800. The van der Waals surface area contributed by atoms with Gasteiger partial charge in [-0.3, -0.25) is 9.53 Å². The first-order chi connectivity index (χ1) is 16.4. The number of hydrogen-bond acceptors (Lipinski definition) is 5. The van der Waals surface area contributed by atoms with Gasteiger partial charge in [-0.1, -0.05) is 12.8 Å². The molecule has 9 heteroatoms. The lowest BCUT2D eigenvalue weighted by atomic mass is 9.67. The predicted molar refractivity (Wildman–Crippen MR) is 120 cm³/mol. The summed E-state index contributed by atoms with van der Waals surface area (Å²) in [5.74, 6) is 1.55. The van der Waals surface area contributed by atoms with Crippen molar-refractivity contribution in [3.05, 3.63) is 24.2 Å². The zero-order valence-electron chi connectivity index (χ0n) is 19.5. The molecule has 0 bridgehead atoms. The van der Waals surface area contributed by atoms with E-state index in [1.165, 1.54) is 5.56 Å². The third-order valence-corrected chi connectivity index (χ3v) is 8.68. The minimum absolute atomic E-state index is 0.0282. The highest BCUT2D eigenvalue weighted by Crippen LogP contribution is 2.44. The van der Waals surface area contributed by atoms with Gasteiger partial charge in [0.25, 0.3) is 0 Å². The number of rotatable bonds is 5. The fourth-order valence-electron chi connectivity index (χ4n) is 7.13. The highest BCUT2D eigenvalue weighted by atomic mass is 19.4. The number of halogens is 3. The quantitative estimate of drug-likeness (QED) is 0.583. The number of amides is 1. The van der Waals surface area contributed by atoms with E-state index in [4.69, 9.17) is 4.42 Å². The van der Waals surface area contributed by atoms with Crippen molar-refractivity contribution in [2.75, 3.05) is 13.1 Å². The Morgan fingerprint density at radius 2 is 1.85 bits per heavy atom. The van der Waals surface area contributed by atoms with Gasteiger partial charge in [0.2, 0.25) is 5.91 Å². The summed E-state index contributed by atoms with van der Waals surface area (Å²) in [7, 11) is 0. The van der Waals surface area contributed by atoms with Gasteiger partial charge in [-0.05, 0) is 80.9 Å². The number of alkyl halides is 3. The van der Waals surface area contributed by atoms with Crippen LogP contribution in [0.3, 0.4) is 0 Å². The smallest absolute Gasteiger partial charge is 0.472 e. The van der Waals surface area contributed by atoms with Crippen molar-refractivity contribution in [2.45, 2.75) is 88.4 Å². The number of carbonyl (C=O) groups is 1. The molecule has 1 aromatic rings. The van der Waals surface area contributed by atoms with E-state index < -0.39 is 12.5 Å². The van der Waals surface area contributed by atoms with E-state index in [1.54, 1.807) is 6.26 Å². The molecule has 8 unspecified atom stereocenters. The van der Waals surface area contributed by atoms with Crippen molar-refractivity contribution < 1.29 is 27.1 Å². The van der Waals surface area contributed by atoms with Crippen LogP contribution in [0.1, 0.15) is 69.3 Å². The summed E-state index contributed by atoms with van der Waals surface area (Å²) in [6.07, 6.45) is 5.48. The van der Waals surface area contributed by atoms with Gasteiger partial charge in [-0.2, -0.15) is 0 Å². The Balaban J connectivity index is 1.21. The molecule has 0 spiro atoms. The number of hydrogen-bond donors (Lipinski definition) is 3. The van der Waals surface area contributed by atoms with E-state index in [2.05, 4.69) is 26.8 Å². The van der Waals surface area contributed by atoms with Crippen LogP contribution in [0.5, 0.6) is 0 Å². The highest BCUT2D eigenvalue weighted by molar-refractivity contribution is 5.79. The molecule has 2 saturated carbocycles. The van der Waals surface area contributed by atoms with Crippen LogP contribution in [-0.4, -0.2) is 43.7 Å². The van der Waals surface area contributed by atoms with Crippen LogP contribution in [0.4, 0.5) is 13.2 Å². The van der Waals surface area contributed by atoms with Gasteiger partial charge in [0.1, 0.15) is 0 Å². The lowest BCUT2D eigenvalue weighted by Gasteiger charge is -2.43. The fourth-order valence-corrected chi connectivity index (χ4v) is 7.13. The molecule has 2 aliphatic carbocycles. The molecule has 0 aromatic carbocycles. The highest BCUT2D eigenvalue weighted by Gasteiger charge is 2.46. The van der Waals surface area contributed by atoms with Gasteiger partial charge in [-0.15, -0.1) is 13.2 Å². The topological polar surface area (TPSA) is 75.5 Å². The predicted octanol–water partition coefficient (Wildman–Crippen LogP) is 4.29. The second kappa shape index (κ2) is 10.2. The average Bonchev–Trinajstić information content (AvgIpc) is 3.47. The van der Waals surface area contributed by atoms with Crippen LogP contribution in [0.15, 0.2) is 23.0 Å². The maximum atomic E-state index is 13.4. The van der Waals surface area contributed by atoms with Gasteiger partial charge in [0, 0.05) is 24.4 Å². The molecule has 5 rings (SSSR count). The number of fused-ring (bicyclic) bond motifs is 1. The molecule has 3 N–H and O–H groups in total. The first kappa shape index (κ1) is 24.1. The van der Waals surface area contributed by atoms with Crippen LogP contribution in [0, 0.1) is 23.7 Å². The van der Waals surface area contributed by atoms with Crippen LogP contribution in [0.2, 0.25) is 0 Å². The van der Waals surface area contributed by atoms with Crippen molar-refractivity contribution in [1.29, 1.82) is 0 Å². The van der Waals surface area contributed by atoms with Crippen molar-refractivity contribution in [1.82, 2.24) is 16.0 Å². The number of piperidine rings is 1. The van der Waals surface area contributed by atoms with E-state index in [1.807, 2.05) is 6.26 Å². The van der Waals surface area contributed by atoms with Crippen molar-refractivity contribution in [3.8, 4) is 0 Å². The van der Waals surface area contributed by atoms with Gasteiger partial charge in [0.15, 0.2) is 0 Å². The molecule has 2 aliphatic heterocycles. The Kier molecular flexibility index (Phi) is 7.23. The molecule has 34 heavy (non-hydrogen) atoms. The molecule has 4 aliphatic rings. The number of nitrogens with one attached hydrogen (secondary N) is 3. The lowest BCUT2D eigenvalue weighted by Crippen LogP contribution is -2.53. The summed E-state index contributed by atoms with van der Waals surface area (Å²) >= 11 is 0. The first-order valence-electron chi connectivity index (χ1n) is 12.9.